The van der Waals surface area contributed by atoms with Gasteiger partial charge in [0.15, 0.2) is 12.2 Å². The summed E-state index contributed by atoms with van der Waals surface area (Å²) in [5, 5.41) is 10.6. The fraction of sp³-hybridized carbons (Fsp3) is 0.944. The number of hydrogen-bond acceptors (Lipinski definition) is 15. The lowest BCUT2D eigenvalue weighted by atomic mass is 10.0. The molecular formula is C72H140O17P2. The fourth-order valence-corrected chi connectivity index (χ4v) is 12.5. The third kappa shape index (κ3) is 66.5. The van der Waals surface area contributed by atoms with Crippen molar-refractivity contribution in [3.05, 3.63) is 0 Å². The van der Waals surface area contributed by atoms with Gasteiger partial charge in [0.25, 0.3) is 0 Å². The number of ether oxygens (including phenoxy) is 4. The topological polar surface area (TPSA) is 237 Å². The molecule has 17 nitrogen and oxygen atoms in total. The molecule has 0 aromatic rings. The molecule has 0 bridgehead atoms. The molecule has 0 aliphatic carbocycles. The zero-order chi connectivity index (χ0) is 67.2. The first-order valence-electron chi connectivity index (χ1n) is 37.5. The predicted octanol–water partition coefficient (Wildman–Crippen LogP) is 20.8. The monoisotopic (exact) mass is 1340 g/mol. The van der Waals surface area contributed by atoms with E-state index in [2.05, 4.69) is 41.5 Å². The number of rotatable bonds is 71. The number of phosphoric ester groups is 2. The smallest absolute Gasteiger partial charge is 0.462 e. The lowest BCUT2D eigenvalue weighted by molar-refractivity contribution is -0.161. The quantitative estimate of drug-likeness (QED) is 0.0222. The van der Waals surface area contributed by atoms with Gasteiger partial charge in [0, 0.05) is 25.7 Å². The van der Waals surface area contributed by atoms with Crippen LogP contribution >= 0.6 is 15.6 Å². The number of carbonyl (C=O) groups is 4. The zero-order valence-corrected chi connectivity index (χ0v) is 60.9. The molecule has 2 unspecified atom stereocenters. The summed E-state index contributed by atoms with van der Waals surface area (Å²) in [6, 6.07) is 0. The molecule has 0 saturated carbocycles. The van der Waals surface area contributed by atoms with E-state index in [0.717, 1.165) is 102 Å². The Bertz CT molecular complexity index is 1770. The van der Waals surface area contributed by atoms with E-state index < -0.39 is 97.5 Å². The van der Waals surface area contributed by atoms with Crippen LogP contribution in [0.4, 0.5) is 0 Å². The van der Waals surface area contributed by atoms with Gasteiger partial charge in [-0.25, -0.2) is 9.13 Å². The Hall–Kier alpha value is -1.94. The second-order valence-corrected chi connectivity index (χ2v) is 29.8. The van der Waals surface area contributed by atoms with Gasteiger partial charge in [0.1, 0.15) is 19.3 Å². The van der Waals surface area contributed by atoms with Crippen LogP contribution in [0.1, 0.15) is 369 Å². The molecule has 19 heteroatoms. The SMILES string of the molecule is CCCCCCCCCCCCCCCCCCCCC(=O)OC[C@H](COP(=O)(O)OC[C@@H](O)COP(=O)(O)OC[C@@H](COC(=O)CCCCCCC)OC(=O)CCCCCCCCCC(C)C)OC(=O)CCCCCCCCCCCCCCCCCC(C)C. The van der Waals surface area contributed by atoms with Gasteiger partial charge < -0.3 is 33.8 Å². The van der Waals surface area contributed by atoms with Gasteiger partial charge in [0.05, 0.1) is 26.4 Å². The maximum atomic E-state index is 13.0. The first-order valence-corrected chi connectivity index (χ1v) is 40.5. The summed E-state index contributed by atoms with van der Waals surface area (Å²) in [4.78, 5) is 72.3. The van der Waals surface area contributed by atoms with Crippen LogP contribution in [0, 0.1) is 11.8 Å². The van der Waals surface area contributed by atoms with Crippen LogP contribution in [0.5, 0.6) is 0 Å². The van der Waals surface area contributed by atoms with Crippen molar-refractivity contribution in [2.75, 3.05) is 39.6 Å². The van der Waals surface area contributed by atoms with Crippen molar-refractivity contribution in [2.24, 2.45) is 11.8 Å². The average molecular weight is 1340 g/mol. The number of hydrogen-bond donors (Lipinski definition) is 3. The van der Waals surface area contributed by atoms with Crippen molar-refractivity contribution in [2.45, 2.75) is 387 Å². The Morgan fingerprint density at radius 1 is 0.297 bits per heavy atom. The molecule has 0 saturated heterocycles. The van der Waals surface area contributed by atoms with Crippen LogP contribution in [-0.2, 0) is 65.4 Å². The van der Waals surface area contributed by atoms with Gasteiger partial charge in [-0.1, -0.05) is 318 Å². The molecule has 91 heavy (non-hydrogen) atoms. The first kappa shape index (κ1) is 89.1. The molecule has 0 rings (SSSR count). The van der Waals surface area contributed by atoms with Gasteiger partial charge in [-0.05, 0) is 37.5 Å². The molecule has 0 fully saturated rings. The number of esters is 4. The van der Waals surface area contributed by atoms with Crippen LogP contribution in [-0.4, -0.2) is 96.7 Å². The van der Waals surface area contributed by atoms with Crippen LogP contribution in [0.3, 0.4) is 0 Å². The average Bonchev–Trinajstić information content (AvgIpc) is 2.69. The summed E-state index contributed by atoms with van der Waals surface area (Å²) in [5.74, 6) is -0.636. The van der Waals surface area contributed by atoms with Crippen molar-refractivity contribution in [3.63, 3.8) is 0 Å². The lowest BCUT2D eigenvalue weighted by Crippen LogP contribution is -2.30. The van der Waals surface area contributed by atoms with Gasteiger partial charge in [0.2, 0.25) is 0 Å². The standard InChI is InChI=1S/C72H140O17P2/c1-7-9-11-13-14-15-16-17-18-19-20-23-26-29-32-37-43-49-55-70(75)83-61-68(89-71(76)56-50-44-38-33-30-27-24-21-22-25-28-31-35-41-46-52-64(3)4)63-87-91(80,81)85-59-66(73)58-84-90(78,79)86-62-67(60-82-69(74)54-48-40-12-10-8-2)88-72(77)57-51-45-39-34-36-42-47-53-65(5)6/h64-68,73H,7-63H2,1-6H3,(H,78,79)(H,80,81)/t66-,67+,68+/m0/s1. The van der Waals surface area contributed by atoms with Crippen LogP contribution in [0.2, 0.25) is 0 Å². The van der Waals surface area contributed by atoms with Crippen molar-refractivity contribution in [1.82, 2.24) is 0 Å². The fourth-order valence-electron chi connectivity index (χ4n) is 10.9. The van der Waals surface area contributed by atoms with Crippen LogP contribution < -0.4 is 0 Å². The molecule has 0 aromatic carbocycles. The Morgan fingerprint density at radius 3 is 0.747 bits per heavy atom. The molecule has 0 aromatic heterocycles. The number of aliphatic hydroxyl groups excluding tert-OH is 1. The van der Waals surface area contributed by atoms with Crippen LogP contribution in [0.25, 0.3) is 0 Å². The van der Waals surface area contributed by atoms with E-state index in [9.17, 15) is 43.2 Å². The van der Waals surface area contributed by atoms with E-state index in [1.807, 2.05) is 0 Å². The summed E-state index contributed by atoms with van der Waals surface area (Å²) in [5.41, 5.74) is 0. The van der Waals surface area contributed by atoms with Gasteiger partial charge in [-0.3, -0.25) is 37.3 Å². The van der Waals surface area contributed by atoms with Gasteiger partial charge in [-0.15, -0.1) is 0 Å². The van der Waals surface area contributed by atoms with Gasteiger partial charge >= 0.3 is 39.5 Å². The van der Waals surface area contributed by atoms with Gasteiger partial charge in [-0.2, -0.15) is 0 Å². The summed E-state index contributed by atoms with van der Waals surface area (Å²) < 4.78 is 68.1. The third-order valence-corrected chi connectivity index (χ3v) is 18.6. The number of unbranched alkanes of at least 4 members (excludes halogenated alkanes) is 41. The second-order valence-electron chi connectivity index (χ2n) is 26.9. The van der Waals surface area contributed by atoms with E-state index in [-0.39, 0.29) is 25.7 Å². The summed E-state index contributed by atoms with van der Waals surface area (Å²) >= 11 is 0. The minimum atomic E-state index is -4.95. The minimum absolute atomic E-state index is 0.103. The Labute approximate surface area is 556 Å². The van der Waals surface area contributed by atoms with Crippen molar-refractivity contribution in [3.8, 4) is 0 Å². The molecule has 0 aliphatic rings. The predicted molar refractivity (Wildman–Crippen MR) is 368 cm³/mol. The summed E-state index contributed by atoms with van der Waals surface area (Å²) in [6.45, 7) is 9.43. The highest BCUT2D eigenvalue weighted by Gasteiger charge is 2.30. The highest BCUT2D eigenvalue weighted by molar-refractivity contribution is 7.47. The third-order valence-electron chi connectivity index (χ3n) is 16.7. The highest BCUT2D eigenvalue weighted by Crippen LogP contribution is 2.45. The maximum absolute atomic E-state index is 13.0. The molecule has 540 valence electrons. The molecular weight excluding hydrogens is 1200 g/mol. The van der Waals surface area contributed by atoms with E-state index >= 15 is 0 Å². The number of phosphoric acid groups is 2. The minimum Gasteiger partial charge on any atom is -0.462 e. The molecule has 0 amide bonds. The largest absolute Gasteiger partial charge is 0.472 e. The highest BCUT2D eigenvalue weighted by atomic mass is 31.2. The van der Waals surface area contributed by atoms with Crippen LogP contribution in [0.15, 0.2) is 0 Å². The normalized spacial score (nSPS) is 14.1. The van der Waals surface area contributed by atoms with Crippen molar-refractivity contribution < 1.29 is 80.2 Å². The second kappa shape index (κ2) is 64.1. The lowest BCUT2D eigenvalue weighted by Gasteiger charge is -2.21. The van der Waals surface area contributed by atoms with E-state index in [0.29, 0.717) is 31.6 Å². The maximum Gasteiger partial charge on any atom is 0.472 e. The molecule has 0 aliphatic heterocycles. The number of carbonyl (C=O) groups excluding carboxylic acids is 4. The zero-order valence-electron chi connectivity index (χ0n) is 59.1. The number of aliphatic hydroxyl groups is 1. The van der Waals surface area contributed by atoms with Crippen molar-refractivity contribution >= 4 is 39.5 Å². The molecule has 0 heterocycles. The molecule has 3 N–H and O–H groups in total. The van der Waals surface area contributed by atoms with E-state index in [4.69, 9.17) is 37.0 Å². The molecule has 5 atom stereocenters. The molecule has 0 spiro atoms. The molecule has 0 radical (unpaired) electrons. The van der Waals surface area contributed by atoms with E-state index in [1.165, 1.54) is 180 Å². The Balaban J connectivity index is 5.13. The van der Waals surface area contributed by atoms with E-state index in [1.54, 1.807) is 0 Å². The first-order chi connectivity index (χ1) is 43.9. The summed E-state index contributed by atoms with van der Waals surface area (Å²) in [6.07, 6.45) is 50.6. The summed E-state index contributed by atoms with van der Waals surface area (Å²) in [7, 11) is -9.89. The Kier molecular flexibility index (Phi) is 62.7. The van der Waals surface area contributed by atoms with Crippen molar-refractivity contribution in [1.29, 1.82) is 0 Å². The Morgan fingerprint density at radius 2 is 0.505 bits per heavy atom.